The molecule has 13 heteroatoms. The average molecular weight is 682 g/mol. The number of aliphatic hydroxyl groups is 1. The van der Waals surface area contributed by atoms with Crippen LogP contribution in [0.5, 0.6) is 0 Å². The van der Waals surface area contributed by atoms with Gasteiger partial charge in [0.05, 0.1) is 17.5 Å². The van der Waals surface area contributed by atoms with Gasteiger partial charge in [-0.3, -0.25) is 19.3 Å². The smallest absolute Gasteiger partial charge is 0.334 e. The van der Waals surface area contributed by atoms with E-state index in [-0.39, 0.29) is 22.7 Å². The molecule has 12 nitrogen and oxygen atoms in total. The first-order valence-corrected chi connectivity index (χ1v) is 17.0. The van der Waals surface area contributed by atoms with E-state index < -0.39 is 40.0 Å². The Balaban J connectivity index is 1.34. The van der Waals surface area contributed by atoms with Crippen molar-refractivity contribution in [1.82, 2.24) is 24.8 Å². The van der Waals surface area contributed by atoms with E-state index in [1.54, 1.807) is 77.5 Å². The maximum absolute atomic E-state index is 13.3. The van der Waals surface area contributed by atoms with Gasteiger partial charge in [0.2, 0.25) is 0 Å². The first kappa shape index (κ1) is 34.7. The predicted octanol–water partition coefficient (Wildman–Crippen LogP) is 3.85. The highest BCUT2D eigenvalue weighted by molar-refractivity contribution is 7.90. The molecule has 3 aromatic carbocycles. The number of aryl methyl sites for hydroxylation is 1. The number of nitrogens with one attached hydrogen (secondary N) is 2. The van der Waals surface area contributed by atoms with Crippen molar-refractivity contribution in [1.29, 1.82) is 0 Å². The quantitative estimate of drug-likeness (QED) is 0.135. The number of amides is 2. The highest BCUT2D eigenvalue weighted by Crippen LogP contribution is 2.28. The zero-order chi connectivity index (χ0) is 35.0. The van der Waals surface area contributed by atoms with E-state index in [1.807, 2.05) is 25.1 Å². The monoisotopic (exact) mass is 681 g/mol. The third-order valence-electron chi connectivity index (χ3n) is 7.75. The number of pyridine rings is 1. The number of aliphatic hydroxyl groups excluding tert-OH is 1. The molecule has 5 rings (SSSR count). The number of carbonyl (C=O) groups is 3. The van der Waals surface area contributed by atoms with Gasteiger partial charge < -0.3 is 15.5 Å². The number of aliphatic carboxylic acids is 1. The lowest BCUT2D eigenvalue weighted by molar-refractivity contribution is -0.148. The van der Waals surface area contributed by atoms with Gasteiger partial charge in [0.15, 0.2) is 6.10 Å². The third kappa shape index (κ3) is 8.63. The number of rotatable bonds is 14. The van der Waals surface area contributed by atoms with Crippen LogP contribution in [0, 0.1) is 0 Å². The summed E-state index contributed by atoms with van der Waals surface area (Å²) in [6.07, 6.45) is 1.09. The minimum absolute atomic E-state index is 0.0283. The molecule has 0 radical (unpaired) electrons. The SMILES string of the molecule is CCCc1cc(C(=O)NC(Cc2ccccc2)C(O)C(=O)O)nn1Cc1ccc(-c2ccccc2S(=O)(=O)NC(=O)c2ccccn2)cc1. The number of carboxylic acids is 1. The summed E-state index contributed by atoms with van der Waals surface area (Å²) in [5, 5.41) is 27.0. The third-order valence-corrected chi connectivity index (χ3v) is 9.14. The first-order chi connectivity index (χ1) is 23.6. The van der Waals surface area contributed by atoms with Gasteiger partial charge in [0, 0.05) is 17.5 Å². The summed E-state index contributed by atoms with van der Waals surface area (Å²) < 4.78 is 30.3. The summed E-state index contributed by atoms with van der Waals surface area (Å²) in [6, 6.07) is 27.7. The van der Waals surface area contributed by atoms with Crippen LogP contribution in [0.4, 0.5) is 0 Å². The minimum Gasteiger partial charge on any atom is -0.479 e. The summed E-state index contributed by atoms with van der Waals surface area (Å²) in [7, 11) is -4.24. The first-order valence-electron chi connectivity index (χ1n) is 15.5. The highest BCUT2D eigenvalue weighted by Gasteiger charge is 2.29. The molecule has 0 aliphatic heterocycles. The Hall–Kier alpha value is -5.66. The van der Waals surface area contributed by atoms with E-state index in [1.165, 1.54) is 18.3 Å². The van der Waals surface area contributed by atoms with Gasteiger partial charge in [-0.2, -0.15) is 5.10 Å². The van der Waals surface area contributed by atoms with E-state index in [0.29, 0.717) is 24.1 Å². The van der Waals surface area contributed by atoms with Crippen molar-refractivity contribution >= 4 is 27.8 Å². The second-order valence-electron chi connectivity index (χ2n) is 11.3. The van der Waals surface area contributed by atoms with Crippen molar-refractivity contribution in [2.24, 2.45) is 0 Å². The van der Waals surface area contributed by atoms with Gasteiger partial charge in [-0.25, -0.2) is 17.9 Å². The van der Waals surface area contributed by atoms with E-state index in [4.69, 9.17) is 0 Å². The maximum atomic E-state index is 13.3. The fraction of sp³-hybridized carbons (Fsp3) is 0.194. The van der Waals surface area contributed by atoms with Gasteiger partial charge in [-0.1, -0.05) is 92.2 Å². The summed E-state index contributed by atoms with van der Waals surface area (Å²) in [6.45, 7) is 2.30. The topological polar surface area (TPSA) is 181 Å². The Morgan fingerprint density at radius 2 is 1.53 bits per heavy atom. The molecule has 0 aliphatic carbocycles. The Morgan fingerprint density at radius 3 is 2.20 bits per heavy atom. The molecule has 0 aliphatic rings. The maximum Gasteiger partial charge on any atom is 0.334 e. The van der Waals surface area contributed by atoms with Crippen LogP contribution in [0.25, 0.3) is 11.1 Å². The summed E-state index contributed by atoms with van der Waals surface area (Å²) in [4.78, 5) is 41.3. The standard InChI is InChI=1S/C36H35N5O7S/c1-2-10-27-22-31(34(43)38-30(33(42)36(45)46)21-24-11-4-3-5-12-24)39-41(27)23-25-16-18-26(19-17-25)28-13-6-7-15-32(28)49(47,48)40-35(44)29-14-8-9-20-37-29/h3-9,11-20,22,30,33,42H,2,10,21,23H2,1H3,(H,38,43)(H,40,44)(H,45,46). The minimum atomic E-state index is -4.24. The van der Waals surface area contributed by atoms with Crippen molar-refractivity contribution < 1.29 is 33.0 Å². The van der Waals surface area contributed by atoms with Gasteiger partial charge in [-0.05, 0) is 53.8 Å². The molecular weight excluding hydrogens is 646 g/mol. The Bertz CT molecular complexity index is 2030. The normalized spacial score (nSPS) is 12.5. The average Bonchev–Trinajstić information content (AvgIpc) is 3.50. The predicted molar refractivity (Wildman–Crippen MR) is 181 cm³/mol. The number of sulfonamides is 1. The van der Waals surface area contributed by atoms with E-state index in [0.717, 1.165) is 23.2 Å². The van der Waals surface area contributed by atoms with Crippen LogP contribution in [-0.4, -0.2) is 63.3 Å². The summed E-state index contributed by atoms with van der Waals surface area (Å²) in [5.41, 5.74) is 3.42. The lowest BCUT2D eigenvalue weighted by atomic mass is 10.0. The van der Waals surface area contributed by atoms with Gasteiger partial charge >= 0.3 is 5.97 Å². The van der Waals surface area contributed by atoms with Crippen LogP contribution < -0.4 is 10.0 Å². The molecule has 2 aromatic heterocycles. The Labute approximate surface area is 283 Å². The molecule has 0 saturated heterocycles. The molecule has 0 saturated carbocycles. The molecule has 49 heavy (non-hydrogen) atoms. The van der Waals surface area contributed by atoms with E-state index in [2.05, 4.69) is 20.1 Å². The Morgan fingerprint density at radius 1 is 0.837 bits per heavy atom. The molecule has 2 amide bonds. The van der Waals surface area contributed by atoms with Crippen molar-refractivity contribution in [2.75, 3.05) is 0 Å². The molecule has 2 unspecified atom stereocenters. The van der Waals surface area contributed by atoms with Crippen LogP contribution in [0.1, 0.15) is 51.1 Å². The number of hydrogen-bond acceptors (Lipinski definition) is 8. The van der Waals surface area contributed by atoms with E-state index in [9.17, 15) is 33.0 Å². The molecule has 0 spiro atoms. The highest BCUT2D eigenvalue weighted by atomic mass is 32.2. The van der Waals surface area contributed by atoms with Crippen molar-refractivity contribution in [3.8, 4) is 11.1 Å². The number of benzene rings is 3. The molecule has 252 valence electrons. The zero-order valence-electron chi connectivity index (χ0n) is 26.6. The number of aromatic nitrogens is 3. The molecule has 5 aromatic rings. The number of hydrogen-bond donors (Lipinski definition) is 4. The molecule has 4 N–H and O–H groups in total. The second kappa shape index (κ2) is 15.5. The van der Waals surface area contributed by atoms with Gasteiger partial charge in [0.1, 0.15) is 11.4 Å². The molecule has 2 atom stereocenters. The van der Waals surface area contributed by atoms with Crippen molar-refractivity contribution in [3.05, 3.63) is 138 Å². The van der Waals surface area contributed by atoms with Crippen LogP contribution in [0.3, 0.4) is 0 Å². The summed E-state index contributed by atoms with van der Waals surface area (Å²) >= 11 is 0. The largest absolute Gasteiger partial charge is 0.479 e. The number of nitrogens with zero attached hydrogens (tertiary/aromatic N) is 3. The van der Waals surface area contributed by atoms with Crippen LogP contribution in [0.15, 0.2) is 114 Å². The van der Waals surface area contributed by atoms with E-state index >= 15 is 0 Å². The lowest BCUT2D eigenvalue weighted by Crippen LogP contribution is -2.48. The van der Waals surface area contributed by atoms with Crippen LogP contribution in [0.2, 0.25) is 0 Å². The number of carbonyl (C=O) groups excluding carboxylic acids is 2. The number of carboxylic acid groups (broad SMARTS) is 1. The van der Waals surface area contributed by atoms with Crippen LogP contribution >= 0.6 is 0 Å². The van der Waals surface area contributed by atoms with Crippen LogP contribution in [-0.2, 0) is 34.2 Å². The lowest BCUT2D eigenvalue weighted by Gasteiger charge is -2.21. The summed E-state index contributed by atoms with van der Waals surface area (Å²) in [5.74, 6) is -2.90. The fourth-order valence-corrected chi connectivity index (χ4v) is 6.50. The second-order valence-corrected chi connectivity index (χ2v) is 13.0. The fourth-order valence-electron chi connectivity index (χ4n) is 5.31. The molecule has 0 bridgehead atoms. The van der Waals surface area contributed by atoms with Crippen molar-refractivity contribution in [3.63, 3.8) is 0 Å². The molecular formula is C36H35N5O7S. The van der Waals surface area contributed by atoms with Crippen molar-refractivity contribution in [2.45, 2.75) is 49.8 Å². The molecule has 0 fully saturated rings. The van der Waals surface area contributed by atoms with Gasteiger partial charge in [-0.15, -0.1) is 0 Å². The zero-order valence-corrected chi connectivity index (χ0v) is 27.4. The molecule has 2 heterocycles. The Kier molecular flexibility index (Phi) is 11.0. The van der Waals surface area contributed by atoms with Gasteiger partial charge in [0.25, 0.3) is 21.8 Å².